The zero-order chi connectivity index (χ0) is 32.0. The van der Waals surface area contributed by atoms with E-state index in [1.165, 1.54) is 6.92 Å². The fraction of sp³-hybridized carbons (Fsp3) is 0.731. The van der Waals surface area contributed by atoms with Gasteiger partial charge in [-0.25, -0.2) is 4.79 Å². The molecule has 0 aliphatic heterocycles. The third-order valence-electron chi connectivity index (χ3n) is 6.29. The summed E-state index contributed by atoms with van der Waals surface area (Å²) in [4.78, 5) is 85.0. The van der Waals surface area contributed by atoms with E-state index in [1.807, 2.05) is 26.1 Å². The Bertz CT molecular complexity index is 956. The fourth-order valence-corrected chi connectivity index (χ4v) is 3.66. The molecule has 0 radical (unpaired) electrons. The van der Waals surface area contributed by atoms with Gasteiger partial charge in [-0.3, -0.25) is 28.8 Å². The minimum Gasteiger partial charge on any atom is -0.481 e. The first-order chi connectivity index (χ1) is 18.9. The van der Waals surface area contributed by atoms with Crippen molar-refractivity contribution >= 4 is 41.5 Å². The maximum Gasteiger partial charge on any atom is 0.326 e. The summed E-state index contributed by atoms with van der Waals surface area (Å²) in [5.41, 5.74) is 5.97. The van der Waals surface area contributed by atoms with E-state index < -0.39 is 90.6 Å². The van der Waals surface area contributed by atoms with Gasteiger partial charge in [0.05, 0.1) is 19.0 Å². The van der Waals surface area contributed by atoms with Crippen LogP contribution in [0.5, 0.6) is 0 Å². The second-order valence-electron chi connectivity index (χ2n) is 10.8. The molecule has 0 bridgehead atoms. The Morgan fingerprint density at radius 1 is 0.732 bits per heavy atom. The molecule has 234 valence electrons. The smallest absolute Gasteiger partial charge is 0.326 e. The van der Waals surface area contributed by atoms with E-state index in [0.717, 1.165) is 0 Å². The Labute approximate surface area is 240 Å². The van der Waals surface area contributed by atoms with Crippen LogP contribution in [0.25, 0.3) is 0 Å². The minimum atomic E-state index is -1.68. The number of nitrogens with one attached hydrogen (secondary N) is 5. The Hall–Kier alpha value is -3.75. The number of aliphatic carboxylic acids is 2. The highest BCUT2D eigenvalue weighted by molar-refractivity contribution is 5.96. The maximum atomic E-state index is 13.2. The molecule has 0 aliphatic rings. The largest absolute Gasteiger partial charge is 0.481 e. The van der Waals surface area contributed by atoms with E-state index in [-0.39, 0.29) is 11.8 Å². The van der Waals surface area contributed by atoms with Gasteiger partial charge in [0, 0.05) is 0 Å². The van der Waals surface area contributed by atoms with E-state index in [1.54, 1.807) is 20.8 Å². The maximum absolute atomic E-state index is 13.2. The first-order valence-corrected chi connectivity index (χ1v) is 13.6. The van der Waals surface area contributed by atoms with Gasteiger partial charge in [0.25, 0.3) is 0 Å². The standard InChI is InChI=1S/C26H46N6O9/c1-8-14(6)21(32-23(37)16(27)9-12(2)3)25(39)31-20(13(4)5)24(38)29-15(7)22(36)28-11-18(33)30-17(26(40)41)10-19(34)35/h12-17,20-21H,8-11,27H2,1-7H3,(H,28,36)(H,29,38)(H,30,33)(H,31,39)(H,32,37)(H,34,35)(H,40,41)/t14-,15-,16-,17-,20-,21-/m0/s1. The lowest BCUT2D eigenvalue weighted by Gasteiger charge is -2.29. The lowest BCUT2D eigenvalue weighted by Crippen LogP contribution is -2.60. The van der Waals surface area contributed by atoms with Crippen molar-refractivity contribution in [2.24, 2.45) is 23.5 Å². The van der Waals surface area contributed by atoms with Crippen LogP contribution in [0.3, 0.4) is 0 Å². The van der Waals surface area contributed by atoms with Gasteiger partial charge in [0.15, 0.2) is 0 Å². The van der Waals surface area contributed by atoms with Crippen molar-refractivity contribution in [2.45, 2.75) is 97.9 Å². The van der Waals surface area contributed by atoms with Crippen molar-refractivity contribution < 1.29 is 43.8 Å². The number of amides is 5. The zero-order valence-corrected chi connectivity index (χ0v) is 24.8. The van der Waals surface area contributed by atoms with Gasteiger partial charge in [-0.15, -0.1) is 0 Å². The summed E-state index contributed by atoms with van der Waals surface area (Å²) >= 11 is 0. The Kier molecular flexibility index (Phi) is 16.2. The highest BCUT2D eigenvalue weighted by atomic mass is 16.4. The van der Waals surface area contributed by atoms with Crippen LogP contribution in [0.1, 0.15) is 67.7 Å². The molecular weight excluding hydrogens is 540 g/mol. The topological polar surface area (TPSA) is 246 Å². The summed E-state index contributed by atoms with van der Waals surface area (Å²) in [6.07, 6.45) is 0.141. The molecule has 0 saturated heterocycles. The molecule has 0 aromatic carbocycles. The summed E-state index contributed by atoms with van der Waals surface area (Å²) < 4.78 is 0. The molecule has 6 atom stereocenters. The zero-order valence-electron chi connectivity index (χ0n) is 24.8. The molecule has 0 heterocycles. The molecular formula is C26H46N6O9. The lowest BCUT2D eigenvalue weighted by molar-refractivity contribution is -0.147. The highest BCUT2D eigenvalue weighted by Crippen LogP contribution is 2.12. The Morgan fingerprint density at radius 3 is 1.73 bits per heavy atom. The second-order valence-corrected chi connectivity index (χ2v) is 10.8. The van der Waals surface area contributed by atoms with Crippen LogP contribution in [-0.4, -0.2) is 88.4 Å². The molecule has 15 nitrogen and oxygen atoms in total. The average Bonchev–Trinajstić information content (AvgIpc) is 2.86. The Balaban J connectivity index is 5.27. The van der Waals surface area contributed by atoms with Gasteiger partial charge in [-0.1, -0.05) is 48.0 Å². The summed E-state index contributed by atoms with van der Waals surface area (Å²) in [7, 11) is 0. The lowest BCUT2D eigenvalue weighted by atomic mass is 9.95. The normalized spacial score (nSPS) is 15.5. The quantitative estimate of drug-likeness (QED) is 0.0942. The summed E-state index contributed by atoms with van der Waals surface area (Å²) in [5.74, 6) is -6.95. The molecule has 0 aromatic heterocycles. The van der Waals surface area contributed by atoms with Crippen LogP contribution >= 0.6 is 0 Å². The molecule has 15 heteroatoms. The fourth-order valence-electron chi connectivity index (χ4n) is 3.66. The van der Waals surface area contributed by atoms with Crippen LogP contribution in [0.15, 0.2) is 0 Å². The van der Waals surface area contributed by atoms with Crippen LogP contribution in [0, 0.1) is 17.8 Å². The van der Waals surface area contributed by atoms with E-state index in [0.29, 0.717) is 12.8 Å². The van der Waals surface area contributed by atoms with Crippen molar-refractivity contribution in [1.82, 2.24) is 26.6 Å². The monoisotopic (exact) mass is 586 g/mol. The van der Waals surface area contributed by atoms with Crippen molar-refractivity contribution in [1.29, 1.82) is 0 Å². The molecule has 0 aliphatic carbocycles. The van der Waals surface area contributed by atoms with Crippen molar-refractivity contribution in [2.75, 3.05) is 6.54 Å². The SMILES string of the molecule is CC[C@H](C)[C@H](NC(=O)[C@@H](N)CC(C)C)C(=O)N[C@H](C(=O)N[C@@H](C)C(=O)NCC(=O)N[C@@H](CC(=O)O)C(=O)O)C(C)C. The molecule has 0 fully saturated rings. The van der Waals surface area contributed by atoms with E-state index in [2.05, 4.69) is 21.3 Å². The predicted molar refractivity (Wildman–Crippen MR) is 148 cm³/mol. The van der Waals surface area contributed by atoms with Crippen LogP contribution in [0.2, 0.25) is 0 Å². The van der Waals surface area contributed by atoms with Gasteiger partial charge in [-0.05, 0) is 31.1 Å². The highest BCUT2D eigenvalue weighted by Gasteiger charge is 2.33. The number of nitrogens with two attached hydrogens (primary N) is 1. The number of carbonyl (C=O) groups is 7. The minimum absolute atomic E-state index is 0.174. The summed E-state index contributed by atoms with van der Waals surface area (Å²) in [6.45, 7) is 11.5. The molecule has 41 heavy (non-hydrogen) atoms. The number of hydrogen-bond acceptors (Lipinski definition) is 8. The van der Waals surface area contributed by atoms with Gasteiger partial charge in [-0.2, -0.15) is 0 Å². The van der Waals surface area contributed by atoms with E-state index in [9.17, 15) is 33.6 Å². The molecule has 0 aromatic rings. The van der Waals surface area contributed by atoms with Crippen LogP contribution in [-0.2, 0) is 33.6 Å². The molecule has 0 saturated carbocycles. The van der Waals surface area contributed by atoms with Gasteiger partial charge >= 0.3 is 11.9 Å². The molecule has 5 amide bonds. The number of hydrogen-bond donors (Lipinski definition) is 8. The molecule has 0 unspecified atom stereocenters. The number of rotatable bonds is 18. The van der Waals surface area contributed by atoms with Gasteiger partial charge < -0.3 is 42.5 Å². The average molecular weight is 587 g/mol. The third kappa shape index (κ3) is 13.9. The van der Waals surface area contributed by atoms with Crippen molar-refractivity contribution in [3.63, 3.8) is 0 Å². The second kappa shape index (κ2) is 17.8. The molecule has 0 spiro atoms. The first-order valence-electron chi connectivity index (χ1n) is 13.6. The molecule has 9 N–H and O–H groups in total. The van der Waals surface area contributed by atoms with Crippen LogP contribution < -0.4 is 32.3 Å². The van der Waals surface area contributed by atoms with Crippen molar-refractivity contribution in [3.8, 4) is 0 Å². The van der Waals surface area contributed by atoms with E-state index in [4.69, 9.17) is 15.9 Å². The number of carboxylic acid groups (broad SMARTS) is 2. The van der Waals surface area contributed by atoms with Gasteiger partial charge in [0.2, 0.25) is 29.5 Å². The Morgan fingerprint density at radius 2 is 1.27 bits per heavy atom. The van der Waals surface area contributed by atoms with E-state index >= 15 is 0 Å². The summed E-state index contributed by atoms with van der Waals surface area (Å²) in [6, 6.07) is -5.65. The predicted octanol–water partition coefficient (Wildman–Crippen LogP) is -1.30. The van der Waals surface area contributed by atoms with Gasteiger partial charge in [0.1, 0.15) is 24.2 Å². The first kappa shape index (κ1) is 37.2. The van der Waals surface area contributed by atoms with Crippen LogP contribution in [0.4, 0.5) is 0 Å². The molecule has 0 rings (SSSR count). The number of carbonyl (C=O) groups excluding carboxylic acids is 5. The third-order valence-corrected chi connectivity index (χ3v) is 6.29. The van der Waals surface area contributed by atoms with Crippen molar-refractivity contribution in [3.05, 3.63) is 0 Å². The number of carboxylic acids is 2. The summed E-state index contributed by atoms with van der Waals surface area (Å²) in [5, 5.41) is 29.8.